The number of hydrogen-bond donors (Lipinski definition) is 0. The summed E-state index contributed by atoms with van der Waals surface area (Å²) in [6.07, 6.45) is 0. The predicted molar refractivity (Wildman–Crippen MR) is 87.7 cm³/mol. The zero-order valence-corrected chi connectivity index (χ0v) is 14.9. The minimum atomic E-state index is -3.43. The van der Waals surface area contributed by atoms with Crippen molar-refractivity contribution >= 4 is 32.6 Å². The molecule has 1 aromatic carbocycles. The van der Waals surface area contributed by atoms with Crippen molar-refractivity contribution in [3.63, 3.8) is 0 Å². The highest BCUT2D eigenvalue weighted by Gasteiger charge is 2.46. The van der Waals surface area contributed by atoms with Gasteiger partial charge in [0.25, 0.3) is 0 Å². The molecule has 0 bridgehead atoms. The summed E-state index contributed by atoms with van der Waals surface area (Å²) in [4.78, 5) is 0.357. The van der Waals surface area contributed by atoms with Crippen LogP contribution in [0.1, 0.15) is 12.5 Å². The van der Waals surface area contributed by atoms with Gasteiger partial charge in [0.15, 0.2) is 0 Å². The molecule has 0 aliphatic carbocycles. The molecule has 0 amide bonds. The lowest BCUT2D eigenvalue weighted by molar-refractivity contribution is -0.00735. The molecule has 0 N–H and O–H groups in total. The van der Waals surface area contributed by atoms with E-state index >= 15 is 0 Å². The van der Waals surface area contributed by atoms with Crippen LogP contribution in [0.25, 0.3) is 0 Å². The summed E-state index contributed by atoms with van der Waals surface area (Å²) in [5, 5.41) is 0. The minimum Gasteiger partial charge on any atom is -0.377 e. The first kappa shape index (κ1) is 16.2. The summed E-state index contributed by atoms with van der Waals surface area (Å²) in [6, 6.07) is 7.00. The van der Waals surface area contributed by atoms with Gasteiger partial charge in [-0.2, -0.15) is 4.31 Å². The van der Waals surface area contributed by atoms with Crippen molar-refractivity contribution < 1.29 is 13.2 Å². The number of benzene rings is 1. The number of sulfonamides is 1. The molecule has 2 rings (SSSR count). The van der Waals surface area contributed by atoms with Gasteiger partial charge in [-0.25, -0.2) is 8.42 Å². The van der Waals surface area contributed by atoms with Gasteiger partial charge in [0.05, 0.1) is 10.5 Å². The van der Waals surface area contributed by atoms with Gasteiger partial charge in [-0.05, 0) is 26.0 Å². The van der Waals surface area contributed by atoms with Crippen molar-refractivity contribution in [3.05, 3.63) is 29.8 Å². The van der Waals surface area contributed by atoms with E-state index in [9.17, 15) is 8.42 Å². The standard InChI is InChI=1S/C14H20INO3S/c1-11-4-6-13(7-5-11)20(17,18)16-9-12(8-15)14(2,10-16)19-3/h4-7,12H,8-10H2,1-3H3/t12-,14-/m0/s1. The molecule has 1 aromatic rings. The van der Waals surface area contributed by atoms with Gasteiger partial charge in [-0.15, -0.1) is 0 Å². The Morgan fingerprint density at radius 1 is 1.40 bits per heavy atom. The largest absolute Gasteiger partial charge is 0.377 e. The molecule has 1 aliphatic heterocycles. The van der Waals surface area contributed by atoms with E-state index in [1.807, 2.05) is 26.0 Å². The Labute approximate surface area is 134 Å². The molecular weight excluding hydrogens is 389 g/mol. The fourth-order valence-electron chi connectivity index (χ4n) is 2.47. The second-order valence-corrected chi connectivity index (χ2v) is 8.30. The molecule has 20 heavy (non-hydrogen) atoms. The molecule has 4 nitrogen and oxygen atoms in total. The highest BCUT2D eigenvalue weighted by molar-refractivity contribution is 14.1. The molecule has 0 aromatic heterocycles. The first-order valence-electron chi connectivity index (χ1n) is 6.51. The fraction of sp³-hybridized carbons (Fsp3) is 0.571. The average molecular weight is 409 g/mol. The first-order chi connectivity index (χ1) is 9.33. The number of aryl methyl sites for hydroxylation is 1. The minimum absolute atomic E-state index is 0.216. The molecule has 1 aliphatic rings. The number of hydrogen-bond acceptors (Lipinski definition) is 3. The third-order valence-electron chi connectivity index (χ3n) is 4.09. The highest BCUT2D eigenvalue weighted by Crippen LogP contribution is 2.35. The fourth-order valence-corrected chi connectivity index (χ4v) is 5.26. The van der Waals surface area contributed by atoms with Gasteiger partial charge in [-0.1, -0.05) is 40.3 Å². The molecule has 6 heteroatoms. The summed E-state index contributed by atoms with van der Waals surface area (Å²) < 4.78 is 33.4. The Morgan fingerprint density at radius 2 is 2.00 bits per heavy atom. The van der Waals surface area contributed by atoms with E-state index in [2.05, 4.69) is 22.6 Å². The maximum Gasteiger partial charge on any atom is 0.243 e. The summed E-state index contributed by atoms with van der Waals surface area (Å²) in [6.45, 7) is 4.86. The van der Waals surface area contributed by atoms with E-state index in [1.54, 1.807) is 23.5 Å². The Morgan fingerprint density at radius 3 is 2.45 bits per heavy atom. The molecule has 2 atom stereocenters. The molecule has 0 radical (unpaired) electrons. The van der Waals surface area contributed by atoms with Crippen LogP contribution < -0.4 is 0 Å². The third-order valence-corrected chi connectivity index (χ3v) is 6.98. The van der Waals surface area contributed by atoms with Gasteiger partial charge in [-0.3, -0.25) is 0 Å². The van der Waals surface area contributed by atoms with Gasteiger partial charge < -0.3 is 4.74 Å². The van der Waals surface area contributed by atoms with E-state index in [0.29, 0.717) is 18.0 Å². The van der Waals surface area contributed by atoms with Crippen LogP contribution in [0.2, 0.25) is 0 Å². The zero-order valence-electron chi connectivity index (χ0n) is 12.0. The molecule has 0 saturated carbocycles. The van der Waals surface area contributed by atoms with Crippen LogP contribution in [-0.4, -0.2) is 43.0 Å². The second-order valence-electron chi connectivity index (χ2n) is 5.48. The first-order valence-corrected chi connectivity index (χ1v) is 9.48. The van der Waals surface area contributed by atoms with E-state index in [1.165, 1.54) is 0 Å². The van der Waals surface area contributed by atoms with Gasteiger partial charge in [0.1, 0.15) is 0 Å². The monoisotopic (exact) mass is 409 g/mol. The van der Waals surface area contributed by atoms with Crippen LogP contribution in [0.5, 0.6) is 0 Å². The van der Waals surface area contributed by atoms with Crippen molar-refractivity contribution in [2.24, 2.45) is 5.92 Å². The van der Waals surface area contributed by atoms with Crippen LogP contribution in [0.3, 0.4) is 0 Å². The van der Waals surface area contributed by atoms with E-state index in [0.717, 1.165) is 9.99 Å². The molecule has 1 heterocycles. The smallest absolute Gasteiger partial charge is 0.243 e. The van der Waals surface area contributed by atoms with Crippen LogP contribution in [0.4, 0.5) is 0 Å². The molecule has 1 saturated heterocycles. The van der Waals surface area contributed by atoms with E-state index < -0.39 is 15.6 Å². The topological polar surface area (TPSA) is 46.6 Å². The van der Waals surface area contributed by atoms with Crippen molar-refractivity contribution in [2.75, 3.05) is 24.6 Å². The highest BCUT2D eigenvalue weighted by atomic mass is 127. The number of ether oxygens (including phenoxy) is 1. The SMILES string of the molecule is CO[C@@]1(C)CN(S(=O)(=O)c2ccc(C)cc2)C[C@@H]1CI. The second kappa shape index (κ2) is 5.90. The van der Waals surface area contributed by atoms with E-state index in [-0.39, 0.29) is 5.92 Å². The van der Waals surface area contributed by atoms with Gasteiger partial charge in [0, 0.05) is 30.5 Å². The van der Waals surface area contributed by atoms with Crippen LogP contribution in [0.15, 0.2) is 29.2 Å². The summed E-state index contributed by atoms with van der Waals surface area (Å²) in [5.41, 5.74) is 0.649. The average Bonchev–Trinajstić information content (AvgIpc) is 2.78. The molecule has 0 spiro atoms. The van der Waals surface area contributed by atoms with Crippen LogP contribution in [0, 0.1) is 12.8 Å². The Hall–Kier alpha value is -0.180. The number of methoxy groups -OCH3 is 1. The number of rotatable bonds is 4. The lowest BCUT2D eigenvalue weighted by atomic mass is 9.95. The summed E-state index contributed by atoms with van der Waals surface area (Å²) >= 11 is 2.29. The van der Waals surface area contributed by atoms with Gasteiger partial charge >= 0.3 is 0 Å². The van der Waals surface area contributed by atoms with Crippen molar-refractivity contribution in [3.8, 4) is 0 Å². The lowest BCUT2D eigenvalue weighted by Gasteiger charge is -2.27. The third kappa shape index (κ3) is 2.88. The summed E-state index contributed by atoms with van der Waals surface area (Å²) in [7, 11) is -1.78. The molecule has 0 unspecified atom stereocenters. The lowest BCUT2D eigenvalue weighted by Crippen LogP contribution is -2.38. The number of halogens is 1. The van der Waals surface area contributed by atoms with Crippen molar-refractivity contribution in [1.82, 2.24) is 4.31 Å². The Bertz CT molecular complexity index is 573. The Balaban J connectivity index is 2.30. The molecular formula is C14H20INO3S. The maximum atomic E-state index is 12.7. The van der Waals surface area contributed by atoms with Crippen LogP contribution in [-0.2, 0) is 14.8 Å². The summed E-state index contributed by atoms with van der Waals surface area (Å²) in [5.74, 6) is 0.216. The number of alkyl halides is 1. The molecule has 1 fully saturated rings. The quantitative estimate of drug-likeness (QED) is 0.567. The maximum absolute atomic E-state index is 12.7. The van der Waals surface area contributed by atoms with Crippen molar-refractivity contribution in [2.45, 2.75) is 24.3 Å². The Kier molecular flexibility index (Phi) is 4.78. The van der Waals surface area contributed by atoms with Crippen molar-refractivity contribution in [1.29, 1.82) is 0 Å². The normalized spacial score (nSPS) is 27.9. The van der Waals surface area contributed by atoms with Gasteiger partial charge in [0.2, 0.25) is 10.0 Å². The van der Waals surface area contributed by atoms with Crippen LogP contribution >= 0.6 is 22.6 Å². The van der Waals surface area contributed by atoms with E-state index in [4.69, 9.17) is 4.74 Å². The number of nitrogens with zero attached hydrogens (tertiary/aromatic N) is 1. The predicted octanol–water partition coefficient (Wildman–Crippen LogP) is 2.46. The zero-order chi connectivity index (χ0) is 15.0. The molecule has 112 valence electrons.